The Bertz CT molecular complexity index is 607. The van der Waals surface area contributed by atoms with E-state index in [4.69, 9.17) is 0 Å². The van der Waals surface area contributed by atoms with Gasteiger partial charge in [0.2, 0.25) is 0 Å². The predicted octanol–water partition coefficient (Wildman–Crippen LogP) is 3.47. The van der Waals surface area contributed by atoms with Gasteiger partial charge in [0.05, 0.1) is 0 Å². The fraction of sp³-hybridized carbons (Fsp3) is 0.333. The molecule has 2 nitrogen and oxygen atoms in total. The summed E-state index contributed by atoms with van der Waals surface area (Å²) in [6.07, 6.45) is 1.82. The lowest BCUT2D eigenvalue weighted by Gasteiger charge is -2.33. The van der Waals surface area contributed by atoms with Gasteiger partial charge in [-0.25, -0.2) is 0 Å². The molecule has 2 aromatic rings. The summed E-state index contributed by atoms with van der Waals surface area (Å²) in [7, 11) is 0. The molecule has 0 fully saturated rings. The lowest BCUT2D eigenvalue weighted by Crippen LogP contribution is -2.23. The van der Waals surface area contributed by atoms with Gasteiger partial charge >= 0.3 is 0 Å². The molecule has 1 aliphatic rings. The third-order valence-corrected chi connectivity index (χ3v) is 3.92. The fourth-order valence-electron chi connectivity index (χ4n) is 2.97. The van der Waals surface area contributed by atoms with Crippen molar-refractivity contribution in [2.45, 2.75) is 32.1 Å². The molecule has 88 valence electrons. The number of phenolic OH excluding ortho intramolecular Hbond substituents is 2. The molecule has 0 saturated heterocycles. The summed E-state index contributed by atoms with van der Waals surface area (Å²) in [5.74, 6) is 0.689. The molecule has 0 bridgehead atoms. The van der Waals surface area contributed by atoms with Crippen LogP contribution in [0.15, 0.2) is 24.3 Å². The van der Waals surface area contributed by atoms with Gasteiger partial charge < -0.3 is 10.2 Å². The molecule has 0 aliphatic heterocycles. The molecular weight excluding hydrogens is 212 g/mol. The highest BCUT2D eigenvalue weighted by Crippen LogP contribution is 2.47. The van der Waals surface area contributed by atoms with Gasteiger partial charge in [0.25, 0.3) is 0 Å². The number of hydrogen-bond donors (Lipinski definition) is 2. The van der Waals surface area contributed by atoms with E-state index in [9.17, 15) is 10.2 Å². The van der Waals surface area contributed by atoms with Gasteiger partial charge in [-0.3, -0.25) is 0 Å². The number of hydrogen-bond acceptors (Lipinski definition) is 2. The minimum Gasteiger partial charge on any atom is -0.508 e. The quantitative estimate of drug-likeness (QED) is 0.724. The maximum Gasteiger partial charge on any atom is 0.119 e. The van der Waals surface area contributed by atoms with Crippen LogP contribution in [0.5, 0.6) is 11.5 Å². The second kappa shape index (κ2) is 3.16. The van der Waals surface area contributed by atoms with Crippen molar-refractivity contribution in [1.29, 1.82) is 0 Å². The molecule has 2 aromatic carbocycles. The zero-order valence-electron chi connectivity index (χ0n) is 10.1. The molecule has 0 saturated carbocycles. The number of rotatable bonds is 0. The van der Waals surface area contributed by atoms with Gasteiger partial charge in [-0.1, -0.05) is 26.0 Å². The minimum atomic E-state index is -0.0373. The SMILES string of the molecule is CC1(C)CCc2c(O)ccc3ccc(O)c1c23. The second-order valence-corrected chi connectivity index (χ2v) is 5.50. The van der Waals surface area contributed by atoms with Crippen LogP contribution in [0.25, 0.3) is 10.8 Å². The molecule has 2 N–H and O–H groups in total. The summed E-state index contributed by atoms with van der Waals surface area (Å²) in [6.45, 7) is 4.29. The molecule has 1 aliphatic carbocycles. The van der Waals surface area contributed by atoms with E-state index in [0.29, 0.717) is 11.5 Å². The minimum absolute atomic E-state index is 0.0373. The van der Waals surface area contributed by atoms with Gasteiger partial charge in [-0.15, -0.1) is 0 Å². The number of benzene rings is 2. The third kappa shape index (κ3) is 1.33. The summed E-state index contributed by atoms with van der Waals surface area (Å²) < 4.78 is 0. The number of phenols is 2. The standard InChI is InChI=1S/C15H16O2/c1-15(2)8-7-10-11(16)5-3-9-4-6-12(17)14(15)13(9)10/h3-6,16-17H,7-8H2,1-2H3. The molecule has 0 heterocycles. The highest BCUT2D eigenvalue weighted by Gasteiger charge is 2.32. The van der Waals surface area contributed by atoms with Gasteiger partial charge in [0.1, 0.15) is 11.5 Å². The molecule has 17 heavy (non-hydrogen) atoms. The Labute approximate surface area is 101 Å². The first-order chi connectivity index (χ1) is 8.00. The zero-order valence-corrected chi connectivity index (χ0v) is 10.1. The average molecular weight is 228 g/mol. The van der Waals surface area contributed by atoms with Gasteiger partial charge in [-0.2, -0.15) is 0 Å². The van der Waals surface area contributed by atoms with Crippen LogP contribution in [-0.4, -0.2) is 10.2 Å². The van der Waals surface area contributed by atoms with Crippen molar-refractivity contribution in [3.8, 4) is 11.5 Å². The topological polar surface area (TPSA) is 40.5 Å². The Kier molecular flexibility index (Phi) is 1.94. The van der Waals surface area contributed by atoms with E-state index >= 15 is 0 Å². The van der Waals surface area contributed by atoms with E-state index < -0.39 is 0 Å². The second-order valence-electron chi connectivity index (χ2n) is 5.50. The molecular formula is C15H16O2. The molecule has 0 radical (unpaired) electrons. The van der Waals surface area contributed by atoms with E-state index in [1.165, 1.54) is 0 Å². The van der Waals surface area contributed by atoms with Crippen LogP contribution in [0.4, 0.5) is 0 Å². The lowest BCUT2D eigenvalue weighted by atomic mass is 9.71. The van der Waals surface area contributed by atoms with Crippen molar-refractivity contribution in [1.82, 2.24) is 0 Å². The lowest BCUT2D eigenvalue weighted by molar-refractivity contribution is 0.411. The van der Waals surface area contributed by atoms with Crippen LogP contribution in [-0.2, 0) is 11.8 Å². The van der Waals surface area contributed by atoms with Crippen LogP contribution < -0.4 is 0 Å². The maximum atomic E-state index is 10.1. The maximum absolute atomic E-state index is 10.1. The normalized spacial score (nSPS) is 17.3. The van der Waals surface area contributed by atoms with Crippen LogP contribution in [0, 0.1) is 0 Å². The Balaban J connectivity index is 2.53. The van der Waals surface area contributed by atoms with Crippen LogP contribution in [0.2, 0.25) is 0 Å². The van der Waals surface area contributed by atoms with Crippen LogP contribution in [0.1, 0.15) is 31.4 Å². The third-order valence-electron chi connectivity index (χ3n) is 3.92. The Hall–Kier alpha value is -1.70. The molecule has 0 atom stereocenters. The number of aromatic hydroxyl groups is 2. The van der Waals surface area contributed by atoms with Crippen molar-refractivity contribution >= 4 is 10.8 Å². The van der Waals surface area contributed by atoms with Crippen LogP contribution in [0.3, 0.4) is 0 Å². The van der Waals surface area contributed by atoms with Gasteiger partial charge in [0.15, 0.2) is 0 Å². The van der Waals surface area contributed by atoms with Crippen molar-refractivity contribution < 1.29 is 10.2 Å². The van der Waals surface area contributed by atoms with Gasteiger partial charge in [0, 0.05) is 11.1 Å². The largest absolute Gasteiger partial charge is 0.508 e. The van der Waals surface area contributed by atoms with Crippen LogP contribution >= 0.6 is 0 Å². The van der Waals surface area contributed by atoms with Crippen molar-refractivity contribution in [2.24, 2.45) is 0 Å². The predicted molar refractivity (Wildman–Crippen MR) is 68.6 cm³/mol. The van der Waals surface area contributed by atoms with E-state index in [1.54, 1.807) is 12.1 Å². The van der Waals surface area contributed by atoms with Crippen molar-refractivity contribution in [3.05, 3.63) is 35.4 Å². The first-order valence-electron chi connectivity index (χ1n) is 5.98. The average Bonchev–Trinajstić information content (AvgIpc) is 2.26. The summed E-state index contributed by atoms with van der Waals surface area (Å²) in [4.78, 5) is 0. The van der Waals surface area contributed by atoms with Crippen molar-refractivity contribution in [3.63, 3.8) is 0 Å². The molecule has 0 spiro atoms. The van der Waals surface area contributed by atoms with E-state index in [0.717, 1.165) is 34.7 Å². The summed E-state index contributed by atoms with van der Waals surface area (Å²) >= 11 is 0. The first-order valence-corrected chi connectivity index (χ1v) is 5.98. The van der Waals surface area contributed by atoms with E-state index in [-0.39, 0.29) is 5.41 Å². The number of aryl methyl sites for hydroxylation is 1. The Morgan fingerprint density at radius 2 is 1.65 bits per heavy atom. The highest BCUT2D eigenvalue weighted by molar-refractivity contribution is 5.94. The zero-order chi connectivity index (χ0) is 12.2. The fourth-order valence-corrected chi connectivity index (χ4v) is 2.97. The molecule has 2 heteroatoms. The Morgan fingerprint density at radius 3 is 2.35 bits per heavy atom. The monoisotopic (exact) mass is 228 g/mol. The van der Waals surface area contributed by atoms with E-state index in [2.05, 4.69) is 13.8 Å². The Morgan fingerprint density at radius 1 is 1.00 bits per heavy atom. The smallest absolute Gasteiger partial charge is 0.119 e. The molecule has 3 rings (SSSR count). The molecule has 0 unspecified atom stereocenters. The summed E-state index contributed by atoms with van der Waals surface area (Å²) in [6, 6.07) is 7.33. The summed E-state index contributed by atoms with van der Waals surface area (Å²) in [5, 5.41) is 22.2. The van der Waals surface area contributed by atoms with Gasteiger partial charge in [-0.05, 0) is 41.2 Å². The highest BCUT2D eigenvalue weighted by atomic mass is 16.3. The summed E-state index contributed by atoms with van der Waals surface area (Å²) in [5.41, 5.74) is 1.92. The van der Waals surface area contributed by atoms with E-state index in [1.807, 2.05) is 12.1 Å². The first kappa shape index (κ1) is 10.5. The van der Waals surface area contributed by atoms with Crippen molar-refractivity contribution in [2.75, 3.05) is 0 Å². The molecule has 0 amide bonds. The molecule has 0 aromatic heterocycles.